The standard InChI is InChI=1S/C88H167N13O12/c89-52-27-3-15-40-72(80(105)47-22-6-30-55-92)66-76(102)44-19-2-1-14-39-71(81(106)50-26-13-36-62-99-86(111)68-74(42-17-5-29-54-91)83(108)49-24-8-32-57-94)65-77(103)45-20-11-35-61-100-87(112)69-75(43-18-10-34-60-98-85(110)67-73(41-16-4-28-53-90)82(107)48-23-7-31-56-93)88(113)101-63-37-12-21-46-78(104)70-79(97-64-38-59-96)84(109)51-25-9-33-58-95/h71-75,79,97H,1-70,89-96H2,(H,98,110)(H,99,111)(H,100,112)(H,101,113). The van der Waals surface area contributed by atoms with Gasteiger partial charge in [-0.05, 0) is 219 Å². The third-order valence-electron chi connectivity index (χ3n) is 21.9. The van der Waals surface area contributed by atoms with E-state index in [9.17, 15) is 57.5 Å². The molecule has 0 fully saturated rings. The third-order valence-corrected chi connectivity index (χ3v) is 21.9. The number of nitrogens with two attached hydrogens (primary N) is 8. The first-order valence-corrected chi connectivity index (χ1v) is 45.4. The van der Waals surface area contributed by atoms with Crippen molar-refractivity contribution in [2.24, 2.45) is 75.5 Å². The Kier molecular flexibility index (Phi) is 74.5. The molecule has 0 spiro atoms. The fourth-order valence-electron chi connectivity index (χ4n) is 14.7. The Labute approximate surface area is 683 Å². The summed E-state index contributed by atoms with van der Waals surface area (Å²) in [7, 11) is 0. The van der Waals surface area contributed by atoms with Gasteiger partial charge >= 0.3 is 0 Å². The molecule has 0 bridgehead atoms. The molecule has 0 radical (unpaired) electrons. The van der Waals surface area contributed by atoms with Crippen LogP contribution in [0.15, 0.2) is 0 Å². The second-order valence-corrected chi connectivity index (χ2v) is 32.2. The predicted octanol–water partition coefficient (Wildman–Crippen LogP) is 10.9. The molecule has 0 saturated carbocycles. The zero-order valence-corrected chi connectivity index (χ0v) is 71.0. The number of carbonyl (C=O) groups is 12. The summed E-state index contributed by atoms with van der Waals surface area (Å²) in [6.07, 6.45) is 36.2. The van der Waals surface area contributed by atoms with Crippen LogP contribution in [-0.2, 0) is 57.5 Å². The van der Waals surface area contributed by atoms with Gasteiger partial charge in [-0.15, -0.1) is 0 Å². The average Bonchev–Trinajstić information content (AvgIpc) is 0.953. The topological polar surface area (TPSA) is 473 Å². The number of hydrogen-bond acceptors (Lipinski definition) is 21. The summed E-state index contributed by atoms with van der Waals surface area (Å²) in [6.45, 7) is 6.72. The molecular formula is C88H167N13O12. The summed E-state index contributed by atoms with van der Waals surface area (Å²) < 4.78 is 0. The van der Waals surface area contributed by atoms with Crippen LogP contribution in [0.25, 0.3) is 0 Å². The van der Waals surface area contributed by atoms with Crippen molar-refractivity contribution < 1.29 is 57.5 Å². The van der Waals surface area contributed by atoms with Gasteiger partial charge in [0.05, 0.1) is 6.04 Å². The first-order valence-electron chi connectivity index (χ1n) is 45.4. The van der Waals surface area contributed by atoms with E-state index in [1.54, 1.807) is 0 Å². The molecule has 0 aliphatic rings. The molecule has 0 aromatic carbocycles. The summed E-state index contributed by atoms with van der Waals surface area (Å²) in [5, 5.41) is 15.3. The second kappa shape index (κ2) is 78.1. The molecule has 4 amide bonds. The van der Waals surface area contributed by atoms with Crippen molar-refractivity contribution in [3.05, 3.63) is 0 Å². The largest absolute Gasteiger partial charge is 0.356 e. The van der Waals surface area contributed by atoms with E-state index >= 15 is 0 Å². The number of amides is 4. The van der Waals surface area contributed by atoms with Crippen LogP contribution in [-0.4, -0.2) is 161 Å². The van der Waals surface area contributed by atoms with Gasteiger partial charge in [0.1, 0.15) is 46.3 Å². The summed E-state index contributed by atoms with van der Waals surface area (Å²) in [6, 6.07) is -0.544. The Bertz CT molecular complexity index is 2490. The van der Waals surface area contributed by atoms with Crippen molar-refractivity contribution in [1.29, 1.82) is 0 Å². The van der Waals surface area contributed by atoms with Crippen molar-refractivity contribution in [2.75, 3.05) is 85.1 Å². The van der Waals surface area contributed by atoms with E-state index in [2.05, 4.69) is 26.6 Å². The number of hydrogen-bond donors (Lipinski definition) is 13. The van der Waals surface area contributed by atoms with E-state index in [1.165, 1.54) is 0 Å². The van der Waals surface area contributed by atoms with Gasteiger partial charge in [0.15, 0.2) is 0 Å². The molecule has 25 heteroatoms. The van der Waals surface area contributed by atoms with Gasteiger partial charge in [0.25, 0.3) is 0 Å². The average molecular weight is 1600 g/mol. The van der Waals surface area contributed by atoms with Gasteiger partial charge in [-0.1, -0.05) is 116 Å². The Hall–Kier alpha value is -5.12. The lowest BCUT2D eigenvalue weighted by Gasteiger charge is -2.18. The summed E-state index contributed by atoms with van der Waals surface area (Å²) in [5.41, 5.74) is 45.4. The Morgan fingerprint density at radius 2 is 0.425 bits per heavy atom. The highest BCUT2D eigenvalue weighted by Crippen LogP contribution is 2.26. The molecular weight excluding hydrogens is 1430 g/mol. The fraction of sp³-hybridized carbons (Fsp3) is 0.864. The van der Waals surface area contributed by atoms with Gasteiger partial charge in [0.2, 0.25) is 23.6 Å². The first-order chi connectivity index (χ1) is 54.8. The predicted molar refractivity (Wildman–Crippen MR) is 457 cm³/mol. The van der Waals surface area contributed by atoms with Crippen LogP contribution in [0.1, 0.15) is 366 Å². The van der Waals surface area contributed by atoms with Crippen LogP contribution < -0.4 is 72.5 Å². The molecule has 25 nitrogen and oxygen atoms in total. The van der Waals surface area contributed by atoms with Crippen molar-refractivity contribution in [3.8, 4) is 0 Å². The highest BCUT2D eigenvalue weighted by atomic mass is 16.2. The highest BCUT2D eigenvalue weighted by Gasteiger charge is 2.28. The van der Waals surface area contributed by atoms with Crippen LogP contribution in [0.2, 0.25) is 0 Å². The van der Waals surface area contributed by atoms with Crippen LogP contribution >= 0.6 is 0 Å². The molecule has 0 aromatic rings. The molecule has 6 unspecified atom stereocenters. The molecule has 0 rings (SSSR count). The lowest BCUT2D eigenvalue weighted by molar-refractivity contribution is -0.130. The first kappa shape index (κ1) is 108. The van der Waals surface area contributed by atoms with Crippen molar-refractivity contribution in [3.63, 3.8) is 0 Å². The number of Topliss-reactive ketones (excluding diaryl/α,β-unsaturated/α-hetero) is 8. The molecule has 0 aliphatic heterocycles. The fourth-order valence-corrected chi connectivity index (χ4v) is 14.7. The zero-order chi connectivity index (χ0) is 83.4. The maximum Gasteiger partial charge on any atom is 0.223 e. The van der Waals surface area contributed by atoms with Gasteiger partial charge in [-0.3, -0.25) is 57.5 Å². The monoisotopic (exact) mass is 1600 g/mol. The number of carbonyl (C=O) groups excluding carboxylic acids is 12. The van der Waals surface area contributed by atoms with E-state index in [-0.39, 0.29) is 133 Å². The molecule has 0 aliphatic carbocycles. The normalized spacial score (nSPS) is 13.0. The summed E-state index contributed by atoms with van der Waals surface area (Å²) in [4.78, 5) is 161. The van der Waals surface area contributed by atoms with E-state index in [0.29, 0.717) is 252 Å². The zero-order valence-electron chi connectivity index (χ0n) is 71.0. The van der Waals surface area contributed by atoms with E-state index in [4.69, 9.17) is 45.9 Å². The SMILES string of the molecule is NCCCCCC(=O)C(CCCCCN)CC(=O)CCCCCCC(CC(=O)CCCCCNC(=O)CC(CCCCCNC(=O)CC(CCCCCN)C(=O)CCCCCN)C(=O)NCCCCCC(=O)CC(NCCCN)C(=O)CCCCCN)C(=O)CCCCCNC(=O)CC(CCCCCN)C(=O)CCCCCN. The smallest absolute Gasteiger partial charge is 0.223 e. The van der Waals surface area contributed by atoms with Gasteiger partial charge in [-0.25, -0.2) is 0 Å². The molecule has 113 heavy (non-hydrogen) atoms. The molecule has 6 atom stereocenters. The van der Waals surface area contributed by atoms with Crippen LogP contribution in [0, 0.1) is 29.6 Å². The maximum atomic E-state index is 14.0. The number of unbranched alkanes of at least 4 members (excludes halogenated alkanes) is 25. The molecule has 0 saturated heterocycles. The lowest BCUT2D eigenvalue weighted by atomic mass is 9.87. The molecule has 0 heterocycles. The highest BCUT2D eigenvalue weighted by molar-refractivity contribution is 5.91. The van der Waals surface area contributed by atoms with Crippen molar-refractivity contribution >= 4 is 69.9 Å². The van der Waals surface area contributed by atoms with Crippen LogP contribution in [0.4, 0.5) is 0 Å². The van der Waals surface area contributed by atoms with Crippen LogP contribution in [0.5, 0.6) is 0 Å². The maximum absolute atomic E-state index is 14.0. The molecule has 656 valence electrons. The molecule has 0 aromatic heterocycles. The Morgan fingerprint density at radius 3 is 0.752 bits per heavy atom. The minimum atomic E-state index is -0.612. The summed E-state index contributed by atoms with van der Waals surface area (Å²) >= 11 is 0. The lowest BCUT2D eigenvalue weighted by Crippen LogP contribution is -2.39. The number of ketones is 8. The van der Waals surface area contributed by atoms with Crippen LogP contribution in [0.3, 0.4) is 0 Å². The van der Waals surface area contributed by atoms with Gasteiger partial charge in [0, 0.05) is 146 Å². The van der Waals surface area contributed by atoms with Crippen molar-refractivity contribution in [2.45, 2.75) is 372 Å². The van der Waals surface area contributed by atoms with Gasteiger partial charge < -0.3 is 72.5 Å². The summed E-state index contributed by atoms with van der Waals surface area (Å²) in [5.74, 6) is -2.20. The van der Waals surface area contributed by atoms with Gasteiger partial charge in [-0.2, -0.15) is 0 Å². The number of nitrogens with one attached hydrogen (secondary N) is 5. The quantitative estimate of drug-likeness (QED) is 0.0252. The van der Waals surface area contributed by atoms with Crippen molar-refractivity contribution in [1.82, 2.24) is 26.6 Å². The van der Waals surface area contributed by atoms with E-state index in [1.807, 2.05) is 0 Å². The van der Waals surface area contributed by atoms with E-state index < -0.39 is 17.9 Å². The third kappa shape index (κ3) is 64.6. The number of rotatable bonds is 88. The molecule has 21 N–H and O–H groups in total. The minimum Gasteiger partial charge on any atom is -0.356 e. The second-order valence-electron chi connectivity index (χ2n) is 32.2. The Balaban J connectivity index is 5.93. The Morgan fingerprint density at radius 1 is 0.195 bits per heavy atom. The minimum absolute atomic E-state index is 0.00553. The van der Waals surface area contributed by atoms with E-state index in [0.717, 1.165) is 154 Å².